The highest BCUT2D eigenvalue weighted by molar-refractivity contribution is 7.98. The van der Waals surface area contributed by atoms with Crippen LogP contribution in [0.4, 0.5) is 10.1 Å². The maximum absolute atomic E-state index is 14.4. The van der Waals surface area contributed by atoms with Gasteiger partial charge in [-0.2, -0.15) is 0 Å². The van der Waals surface area contributed by atoms with Gasteiger partial charge in [0.25, 0.3) is 5.91 Å². The lowest BCUT2D eigenvalue weighted by atomic mass is 10.1. The number of carbonyl (C=O) groups is 1. The van der Waals surface area contributed by atoms with Crippen LogP contribution in [0.25, 0.3) is 0 Å². The zero-order valence-corrected chi connectivity index (χ0v) is 22.4. The summed E-state index contributed by atoms with van der Waals surface area (Å²) in [5.41, 5.74) is 1.13. The van der Waals surface area contributed by atoms with Gasteiger partial charge in [-0.3, -0.25) is 9.10 Å². The van der Waals surface area contributed by atoms with Crippen molar-refractivity contribution >= 4 is 33.4 Å². The van der Waals surface area contributed by atoms with Gasteiger partial charge in [0, 0.05) is 16.5 Å². The van der Waals surface area contributed by atoms with Crippen LogP contribution in [-0.2, 0) is 16.6 Å². The first-order valence-corrected chi connectivity index (χ1v) is 14.1. The van der Waals surface area contributed by atoms with E-state index in [1.54, 1.807) is 17.8 Å². The minimum atomic E-state index is -3.93. The smallest absolute Gasteiger partial charge is 0.254 e. The van der Waals surface area contributed by atoms with Crippen molar-refractivity contribution in [3.8, 4) is 11.5 Å². The fourth-order valence-electron chi connectivity index (χ4n) is 3.67. The molecular formula is C26H29FN2O5S2. The Morgan fingerprint density at radius 1 is 1.06 bits per heavy atom. The largest absolute Gasteiger partial charge is 0.493 e. The maximum atomic E-state index is 14.4. The van der Waals surface area contributed by atoms with E-state index >= 15 is 0 Å². The van der Waals surface area contributed by atoms with Gasteiger partial charge < -0.3 is 14.8 Å². The molecule has 0 unspecified atom stereocenters. The summed E-state index contributed by atoms with van der Waals surface area (Å²) in [7, 11) is -1.11. The number of thioether (sulfide) groups is 1. The van der Waals surface area contributed by atoms with Gasteiger partial charge in [-0.15, -0.1) is 11.8 Å². The second-order valence-corrected chi connectivity index (χ2v) is 10.8. The highest BCUT2D eigenvalue weighted by Gasteiger charge is 2.28. The van der Waals surface area contributed by atoms with E-state index in [0.717, 1.165) is 21.0 Å². The Balaban J connectivity index is 2.07. The molecule has 0 saturated heterocycles. The fourth-order valence-corrected chi connectivity index (χ4v) is 4.96. The van der Waals surface area contributed by atoms with Gasteiger partial charge in [-0.1, -0.05) is 30.3 Å². The van der Waals surface area contributed by atoms with Crippen molar-refractivity contribution in [1.29, 1.82) is 0 Å². The number of nitrogens with one attached hydrogen (secondary N) is 1. The molecular weight excluding hydrogens is 503 g/mol. The molecule has 0 fully saturated rings. The molecule has 0 spiro atoms. The highest BCUT2D eigenvalue weighted by Crippen LogP contribution is 2.37. The Morgan fingerprint density at radius 2 is 1.67 bits per heavy atom. The molecule has 0 bridgehead atoms. The molecule has 36 heavy (non-hydrogen) atoms. The van der Waals surface area contributed by atoms with Crippen LogP contribution in [-0.4, -0.2) is 41.1 Å². The third-order valence-corrected chi connectivity index (χ3v) is 7.52. The number of benzene rings is 3. The van der Waals surface area contributed by atoms with Crippen molar-refractivity contribution in [2.75, 3.05) is 31.0 Å². The van der Waals surface area contributed by atoms with Crippen molar-refractivity contribution < 1.29 is 27.1 Å². The Labute approximate surface area is 215 Å². The molecule has 0 aliphatic carbocycles. The molecule has 1 atom stereocenters. The summed E-state index contributed by atoms with van der Waals surface area (Å²) < 4.78 is 51.9. The Bertz CT molecular complexity index is 1330. The Morgan fingerprint density at radius 3 is 2.22 bits per heavy atom. The zero-order chi connectivity index (χ0) is 26.5. The Kier molecular flexibility index (Phi) is 8.86. The maximum Gasteiger partial charge on any atom is 0.254 e. The molecule has 0 aliphatic heterocycles. The third kappa shape index (κ3) is 6.30. The molecule has 0 saturated carbocycles. The van der Waals surface area contributed by atoms with Crippen molar-refractivity contribution in [2.45, 2.75) is 24.4 Å². The second kappa shape index (κ2) is 11.7. The van der Waals surface area contributed by atoms with E-state index in [0.29, 0.717) is 0 Å². The lowest BCUT2D eigenvalue weighted by molar-refractivity contribution is 0.0940. The van der Waals surface area contributed by atoms with E-state index in [4.69, 9.17) is 9.47 Å². The summed E-state index contributed by atoms with van der Waals surface area (Å²) in [4.78, 5) is 14.6. The number of ether oxygens (including phenoxy) is 2. The SMILES string of the molecule is COc1cc(C(=O)N[C@@H](C)c2ccc(SC)cc2)c(N(Cc2ccccc2F)S(C)(=O)=O)cc1OC. The van der Waals surface area contributed by atoms with Gasteiger partial charge in [-0.25, -0.2) is 12.8 Å². The van der Waals surface area contributed by atoms with Gasteiger partial charge >= 0.3 is 0 Å². The molecule has 0 aromatic heterocycles. The van der Waals surface area contributed by atoms with Gasteiger partial charge in [0.1, 0.15) is 5.82 Å². The number of hydrogen-bond acceptors (Lipinski definition) is 6. The monoisotopic (exact) mass is 532 g/mol. The average Bonchev–Trinajstić information content (AvgIpc) is 2.86. The quantitative estimate of drug-likeness (QED) is 0.369. The van der Waals surface area contributed by atoms with Crippen LogP contribution >= 0.6 is 11.8 Å². The molecule has 0 aliphatic rings. The number of nitrogens with zero attached hydrogens (tertiary/aromatic N) is 1. The van der Waals surface area contributed by atoms with Crippen LogP contribution in [0.3, 0.4) is 0 Å². The third-order valence-electron chi connectivity index (χ3n) is 5.65. The van der Waals surface area contributed by atoms with Crippen LogP contribution in [0.2, 0.25) is 0 Å². The number of hydrogen-bond donors (Lipinski definition) is 1. The lowest BCUT2D eigenvalue weighted by Gasteiger charge is -2.26. The number of amides is 1. The highest BCUT2D eigenvalue weighted by atomic mass is 32.2. The first-order chi connectivity index (χ1) is 17.1. The zero-order valence-electron chi connectivity index (χ0n) is 20.7. The second-order valence-electron chi connectivity index (χ2n) is 8.05. The van der Waals surface area contributed by atoms with Crippen LogP contribution in [0.15, 0.2) is 65.6 Å². The van der Waals surface area contributed by atoms with Gasteiger partial charge in [0.2, 0.25) is 10.0 Å². The predicted octanol–water partition coefficient (Wildman–Crippen LogP) is 5.02. The summed E-state index contributed by atoms with van der Waals surface area (Å²) in [6.45, 7) is 1.52. The van der Waals surface area contributed by atoms with Gasteiger partial charge in [0.15, 0.2) is 11.5 Å². The van der Waals surface area contributed by atoms with Crippen molar-refractivity contribution in [3.05, 3.63) is 83.2 Å². The number of rotatable bonds is 10. The standard InChI is InChI=1S/C26H29FN2O5S2/c1-17(18-10-12-20(35-4)13-11-18)28-26(30)21-14-24(33-2)25(34-3)15-23(21)29(36(5,31)32)16-19-8-6-7-9-22(19)27/h6-15,17H,16H2,1-5H3,(H,28,30)/t17-/m0/s1. The molecule has 1 amide bonds. The van der Waals surface area contributed by atoms with Crippen LogP contribution < -0.4 is 19.1 Å². The topological polar surface area (TPSA) is 84.9 Å². The average molecular weight is 533 g/mol. The van der Waals surface area contributed by atoms with Crippen molar-refractivity contribution in [2.24, 2.45) is 0 Å². The number of carbonyl (C=O) groups excluding carboxylic acids is 1. The minimum Gasteiger partial charge on any atom is -0.493 e. The van der Waals surface area contributed by atoms with E-state index in [2.05, 4.69) is 5.32 Å². The summed E-state index contributed by atoms with van der Waals surface area (Å²) in [5, 5.41) is 2.92. The van der Waals surface area contributed by atoms with Crippen LogP contribution in [0, 0.1) is 5.82 Å². The molecule has 3 aromatic rings. The summed E-state index contributed by atoms with van der Waals surface area (Å²) in [6.07, 6.45) is 2.98. The molecule has 0 heterocycles. The van der Waals surface area contributed by atoms with E-state index in [9.17, 15) is 17.6 Å². The first kappa shape index (κ1) is 27.3. The van der Waals surface area contributed by atoms with E-state index in [1.165, 1.54) is 44.6 Å². The predicted molar refractivity (Wildman–Crippen MR) is 141 cm³/mol. The van der Waals surface area contributed by atoms with E-state index < -0.39 is 21.7 Å². The van der Waals surface area contributed by atoms with E-state index in [-0.39, 0.29) is 40.9 Å². The normalized spacial score (nSPS) is 12.1. The number of halogens is 1. The minimum absolute atomic E-state index is 0.0424. The van der Waals surface area contributed by atoms with Crippen LogP contribution in [0.5, 0.6) is 11.5 Å². The molecule has 7 nitrogen and oxygen atoms in total. The van der Waals surface area contributed by atoms with E-state index in [1.807, 2.05) is 37.4 Å². The van der Waals surface area contributed by atoms with Gasteiger partial charge in [0.05, 0.1) is 44.3 Å². The number of anilines is 1. The summed E-state index contributed by atoms with van der Waals surface area (Å²) in [6, 6.07) is 16.1. The number of methoxy groups -OCH3 is 2. The molecule has 3 rings (SSSR count). The molecule has 192 valence electrons. The molecule has 1 N–H and O–H groups in total. The number of sulfonamides is 1. The van der Waals surface area contributed by atoms with Crippen molar-refractivity contribution in [1.82, 2.24) is 5.32 Å². The van der Waals surface area contributed by atoms with Crippen LogP contribution in [0.1, 0.15) is 34.5 Å². The lowest BCUT2D eigenvalue weighted by Crippen LogP contribution is -2.33. The first-order valence-electron chi connectivity index (χ1n) is 11.0. The molecule has 3 aromatic carbocycles. The molecule has 10 heteroatoms. The summed E-state index contributed by atoms with van der Waals surface area (Å²) >= 11 is 1.61. The molecule has 0 radical (unpaired) electrons. The fraction of sp³-hybridized carbons (Fsp3) is 0.269. The van der Waals surface area contributed by atoms with Crippen molar-refractivity contribution in [3.63, 3.8) is 0 Å². The summed E-state index contributed by atoms with van der Waals surface area (Å²) in [5.74, 6) is -0.593. The Hall–Kier alpha value is -3.24. The van der Waals surface area contributed by atoms with Gasteiger partial charge in [-0.05, 0) is 43.0 Å².